The van der Waals surface area contributed by atoms with Crippen LogP contribution in [0, 0.1) is 0 Å². The van der Waals surface area contributed by atoms with E-state index in [1.54, 1.807) is 11.8 Å². The van der Waals surface area contributed by atoms with Crippen LogP contribution in [0.25, 0.3) is 0 Å². The highest BCUT2D eigenvalue weighted by atomic mass is 32.2. The summed E-state index contributed by atoms with van der Waals surface area (Å²) >= 11 is 1.75. The maximum absolute atomic E-state index is 7.22. The van der Waals surface area contributed by atoms with Crippen molar-refractivity contribution < 1.29 is 0 Å². The van der Waals surface area contributed by atoms with Crippen LogP contribution in [0.5, 0.6) is 0 Å². The molecule has 0 saturated heterocycles. The quantitative estimate of drug-likeness (QED) is 0.548. The minimum absolute atomic E-state index is 0.0710. The van der Waals surface area contributed by atoms with Gasteiger partial charge in [-0.05, 0) is 19.1 Å². The van der Waals surface area contributed by atoms with Gasteiger partial charge in [0.15, 0.2) is 0 Å². The van der Waals surface area contributed by atoms with Gasteiger partial charge < -0.3 is 0 Å². The largest absolute Gasteiger partial charge is 0.244 e. The molecule has 0 aromatic heterocycles. The highest BCUT2D eigenvalue weighted by Gasteiger charge is 1.93. The lowest BCUT2D eigenvalue weighted by atomic mass is 10.2. The first-order valence-corrected chi connectivity index (χ1v) is 5.15. The van der Waals surface area contributed by atoms with Crippen molar-refractivity contribution in [3.8, 4) is 0 Å². The van der Waals surface area contributed by atoms with Crippen LogP contribution < -0.4 is 5.73 Å². The Morgan fingerprint density at radius 1 is 1.30 bits per heavy atom. The van der Waals surface area contributed by atoms with Crippen molar-refractivity contribution in [1.29, 1.82) is 0 Å². The SMILES string of the molecule is CCCCCCSC(C)[NH]. The van der Waals surface area contributed by atoms with Gasteiger partial charge in [-0.25, -0.2) is 5.73 Å². The minimum atomic E-state index is 0.0710. The van der Waals surface area contributed by atoms with Gasteiger partial charge in [0.25, 0.3) is 0 Å². The number of thioether (sulfide) groups is 1. The van der Waals surface area contributed by atoms with E-state index in [1.165, 1.54) is 31.4 Å². The second-order valence-electron chi connectivity index (χ2n) is 2.57. The number of rotatable bonds is 6. The molecule has 0 rings (SSSR count). The molecule has 0 heterocycles. The average Bonchev–Trinajstić information content (AvgIpc) is 1.87. The number of nitrogens with one attached hydrogen (secondary N) is 1. The third-order valence-corrected chi connectivity index (χ3v) is 2.39. The third kappa shape index (κ3) is 8.31. The molecular weight excluding hydrogens is 142 g/mol. The maximum Gasteiger partial charge on any atom is 0.0638 e. The molecule has 0 aromatic rings. The van der Waals surface area contributed by atoms with Crippen molar-refractivity contribution in [2.45, 2.75) is 44.9 Å². The van der Waals surface area contributed by atoms with Gasteiger partial charge in [-0.2, -0.15) is 0 Å². The lowest BCUT2D eigenvalue weighted by molar-refractivity contribution is 0.706. The fourth-order valence-electron chi connectivity index (χ4n) is 0.789. The molecule has 0 fully saturated rings. The van der Waals surface area contributed by atoms with E-state index < -0.39 is 0 Å². The molecule has 1 unspecified atom stereocenters. The van der Waals surface area contributed by atoms with Crippen molar-refractivity contribution >= 4 is 11.8 Å². The molecule has 1 radical (unpaired) electrons. The summed E-state index contributed by atoms with van der Waals surface area (Å²) < 4.78 is 0. The summed E-state index contributed by atoms with van der Waals surface area (Å²) in [6.07, 6.45) is 5.30. The summed E-state index contributed by atoms with van der Waals surface area (Å²) in [5.41, 5.74) is 7.22. The molecule has 0 aromatic carbocycles. The topological polar surface area (TPSA) is 23.8 Å². The van der Waals surface area contributed by atoms with E-state index in [4.69, 9.17) is 5.73 Å². The number of hydrogen-bond acceptors (Lipinski definition) is 1. The average molecular weight is 160 g/mol. The van der Waals surface area contributed by atoms with Gasteiger partial charge in [0.2, 0.25) is 0 Å². The maximum atomic E-state index is 7.22. The van der Waals surface area contributed by atoms with E-state index in [-0.39, 0.29) is 5.37 Å². The summed E-state index contributed by atoms with van der Waals surface area (Å²) in [4.78, 5) is 0. The van der Waals surface area contributed by atoms with Crippen LogP contribution in [0.1, 0.15) is 39.5 Å². The lowest BCUT2D eigenvalue weighted by Crippen LogP contribution is -1.96. The molecular formula is C8H18NS. The Hall–Kier alpha value is 0.310. The monoisotopic (exact) mass is 160 g/mol. The second-order valence-corrected chi connectivity index (χ2v) is 4.02. The van der Waals surface area contributed by atoms with Crippen LogP contribution in [0.2, 0.25) is 0 Å². The Morgan fingerprint density at radius 2 is 2.00 bits per heavy atom. The normalized spacial score (nSPS) is 13.5. The first-order valence-electron chi connectivity index (χ1n) is 4.10. The third-order valence-electron chi connectivity index (χ3n) is 1.37. The molecule has 0 spiro atoms. The Balaban J connectivity index is 2.77. The van der Waals surface area contributed by atoms with Gasteiger partial charge >= 0.3 is 0 Å². The van der Waals surface area contributed by atoms with Crippen molar-refractivity contribution in [1.82, 2.24) is 5.73 Å². The Morgan fingerprint density at radius 3 is 2.50 bits per heavy atom. The van der Waals surface area contributed by atoms with Crippen LogP contribution in [-0.4, -0.2) is 11.1 Å². The zero-order chi connectivity index (χ0) is 7.82. The van der Waals surface area contributed by atoms with E-state index >= 15 is 0 Å². The molecule has 1 nitrogen and oxygen atoms in total. The highest BCUT2D eigenvalue weighted by molar-refractivity contribution is 7.99. The van der Waals surface area contributed by atoms with Crippen LogP contribution in [-0.2, 0) is 0 Å². The van der Waals surface area contributed by atoms with Crippen LogP contribution in [0.3, 0.4) is 0 Å². The molecule has 10 heavy (non-hydrogen) atoms. The summed E-state index contributed by atoms with van der Waals surface area (Å²) in [7, 11) is 0. The Bertz CT molecular complexity index is 64.3. The van der Waals surface area contributed by atoms with E-state index in [0.717, 1.165) is 0 Å². The van der Waals surface area contributed by atoms with E-state index in [0.29, 0.717) is 0 Å². The van der Waals surface area contributed by atoms with Gasteiger partial charge in [0.1, 0.15) is 0 Å². The molecule has 0 aliphatic rings. The standard InChI is InChI=1S/C8H18NS/c1-3-4-5-6-7-10-8(2)9/h8-9H,3-7H2,1-2H3. The summed E-state index contributed by atoms with van der Waals surface area (Å²) in [5.74, 6) is 1.17. The predicted octanol–water partition coefficient (Wildman–Crippen LogP) is 2.93. The van der Waals surface area contributed by atoms with Crippen LogP contribution in [0.4, 0.5) is 0 Å². The van der Waals surface area contributed by atoms with E-state index in [2.05, 4.69) is 6.92 Å². The summed E-state index contributed by atoms with van der Waals surface area (Å²) in [6.45, 7) is 4.16. The fourth-order valence-corrected chi connectivity index (χ4v) is 1.51. The lowest BCUT2D eigenvalue weighted by Gasteiger charge is -2.02. The predicted molar refractivity (Wildman–Crippen MR) is 49.2 cm³/mol. The molecule has 0 amide bonds. The molecule has 61 valence electrons. The van der Waals surface area contributed by atoms with Crippen molar-refractivity contribution in [3.05, 3.63) is 0 Å². The molecule has 0 aliphatic heterocycles. The number of unbranched alkanes of at least 4 members (excludes halogenated alkanes) is 3. The van der Waals surface area contributed by atoms with Gasteiger partial charge in [0.05, 0.1) is 5.37 Å². The number of hydrogen-bond donors (Lipinski definition) is 0. The van der Waals surface area contributed by atoms with E-state index in [9.17, 15) is 0 Å². The molecule has 0 saturated carbocycles. The van der Waals surface area contributed by atoms with Gasteiger partial charge in [-0.3, -0.25) is 0 Å². The zero-order valence-electron chi connectivity index (χ0n) is 7.02. The summed E-state index contributed by atoms with van der Waals surface area (Å²) in [6, 6.07) is 0. The highest BCUT2D eigenvalue weighted by Crippen LogP contribution is 2.10. The zero-order valence-corrected chi connectivity index (χ0v) is 7.84. The van der Waals surface area contributed by atoms with E-state index in [1.807, 2.05) is 6.92 Å². The molecule has 0 bridgehead atoms. The smallest absolute Gasteiger partial charge is 0.0638 e. The minimum Gasteiger partial charge on any atom is -0.244 e. The van der Waals surface area contributed by atoms with Crippen molar-refractivity contribution in [3.63, 3.8) is 0 Å². The van der Waals surface area contributed by atoms with Crippen LogP contribution in [0.15, 0.2) is 0 Å². The van der Waals surface area contributed by atoms with Crippen molar-refractivity contribution in [2.75, 3.05) is 5.75 Å². The first-order chi connectivity index (χ1) is 4.77. The molecule has 1 atom stereocenters. The van der Waals surface area contributed by atoms with Gasteiger partial charge in [0, 0.05) is 0 Å². The molecule has 2 heteroatoms. The first kappa shape index (κ1) is 10.3. The van der Waals surface area contributed by atoms with Gasteiger partial charge in [-0.1, -0.05) is 26.2 Å². The van der Waals surface area contributed by atoms with Gasteiger partial charge in [-0.15, -0.1) is 11.8 Å². The van der Waals surface area contributed by atoms with Crippen molar-refractivity contribution in [2.24, 2.45) is 0 Å². The summed E-state index contributed by atoms with van der Waals surface area (Å²) in [5, 5.41) is 0.0710. The Labute approximate surface area is 68.8 Å². The second kappa shape index (κ2) is 7.42. The molecule has 0 aliphatic carbocycles. The Kier molecular flexibility index (Phi) is 7.65. The fraction of sp³-hybridized carbons (Fsp3) is 1.00. The molecule has 1 N–H and O–H groups in total. The van der Waals surface area contributed by atoms with Crippen LogP contribution >= 0.6 is 11.8 Å².